The zero-order valence-electron chi connectivity index (χ0n) is 11.3. The molecule has 1 heterocycles. The lowest BCUT2D eigenvalue weighted by molar-refractivity contribution is 0.735. The maximum Gasteiger partial charge on any atom is 0.112 e. The SMILES string of the molecule is NCCc1nc2c(N)cccc2n1Cc1ccccc1. The van der Waals surface area contributed by atoms with Crippen LogP contribution in [0.1, 0.15) is 11.4 Å². The highest BCUT2D eigenvalue weighted by atomic mass is 15.1. The van der Waals surface area contributed by atoms with E-state index in [0.717, 1.165) is 29.8 Å². The molecule has 0 aliphatic heterocycles. The molecule has 0 saturated heterocycles. The van der Waals surface area contributed by atoms with Gasteiger partial charge in [-0.15, -0.1) is 0 Å². The number of nitrogens with two attached hydrogens (primary N) is 2. The first-order valence-corrected chi connectivity index (χ1v) is 6.77. The number of aromatic nitrogens is 2. The molecule has 20 heavy (non-hydrogen) atoms. The van der Waals surface area contributed by atoms with E-state index in [4.69, 9.17) is 11.5 Å². The van der Waals surface area contributed by atoms with Crippen LogP contribution in [-0.2, 0) is 13.0 Å². The van der Waals surface area contributed by atoms with Gasteiger partial charge in [0.15, 0.2) is 0 Å². The molecule has 4 heteroatoms. The van der Waals surface area contributed by atoms with E-state index in [-0.39, 0.29) is 0 Å². The highest BCUT2D eigenvalue weighted by Gasteiger charge is 2.12. The van der Waals surface area contributed by atoms with E-state index in [0.29, 0.717) is 12.2 Å². The van der Waals surface area contributed by atoms with Gasteiger partial charge in [-0.05, 0) is 24.2 Å². The van der Waals surface area contributed by atoms with E-state index in [2.05, 4.69) is 27.8 Å². The molecule has 102 valence electrons. The number of benzene rings is 2. The van der Waals surface area contributed by atoms with Gasteiger partial charge < -0.3 is 16.0 Å². The van der Waals surface area contributed by atoms with Crippen molar-refractivity contribution < 1.29 is 0 Å². The molecule has 0 saturated carbocycles. The fraction of sp³-hybridized carbons (Fsp3) is 0.188. The number of fused-ring (bicyclic) bond motifs is 1. The molecular weight excluding hydrogens is 248 g/mol. The van der Waals surface area contributed by atoms with Crippen molar-refractivity contribution in [1.29, 1.82) is 0 Å². The third kappa shape index (κ3) is 2.26. The molecule has 0 atom stereocenters. The lowest BCUT2D eigenvalue weighted by atomic mass is 10.2. The minimum absolute atomic E-state index is 0.581. The van der Waals surface area contributed by atoms with Crippen molar-refractivity contribution in [1.82, 2.24) is 9.55 Å². The van der Waals surface area contributed by atoms with Crippen LogP contribution in [0.4, 0.5) is 5.69 Å². The smallest absolute Gasteiger partial charge is 0.112 e. The molecule has 0 bridgehead atoms. The van der Waals surface area contributed by atoms with Gasteiger partial charge in [-0.25, -0.2) is 4.98 Å². The first kappa shape index (κ1) is 12.7. The van der Waals surface area contributed by atoms with Gasteiger partial charge in [0.25, 0.3) is 0 Å². The standard InChI is InChI=1S/C16H18N4/c17-10-9-15-19-16-13(18)7-4-8-14(16)20(15)11-12-5-2-1-3-6-12/h1-8H,9-11,17-18H2. The van der Waals surface area contributed by atoms with Crippen molar-refractivity contribution in [3.05, 3.63) is 59.9 Å². The molecule has 0 spiro atoms. The number of hydrogen-bond acceptors (Lipinski definition) is 3. The Bertz CT molecular complexity index is 716. The normalized spacial score (nSPS) is 11.1. The largest absolute Gasteiger partial charge is 0.397 e. The van der Waals surface area contributed by atoms with Crippen LogP contribution in [0, 0.1) is 0 Å². The number of para-hydroxylation sites is 1. The maximum atomic E-state index is 6.02. The van der Waals surface area contributed by atoms with Crippen LogP contribution in [0.25, 0.3) is 11.0 Å². The predicted octanol–water partition coefficient (Wildman–Crippen LogP) is 2.17. The summed E-state index contributed by atoms with van der Waals surface area (Å²) in [5, 5.41) is 0. The van der Waals surface area contributed by atoms with Crippen LogP contribution in [0.5, 0.6) is 0 Å². The summed E-state index contributed by atoms with van der Waals surface area (Å²) < 4.78 is 2.20. The van der Waals surface area contributed by atoms with Crippen molar-refractivity contribution in [3.63, 3.8) is 0 Å². The molecular formula is C16H18N4. The topological polar surface area (TPSA) is 69.9 Å². The molecule has 4 N–H and O–H groups in total. The lowest BCUT2D eigenvalue weighted by Crippen LogP contribution is -2.10. The summed E-state index contributed by atoms with van der Waals surface area (Å²) in [6.45, 7) is 1.37. The molecule has 4 nitrogen and oxygen atoms in total. The predicted molar refractivity (Wildman–Crippen MR) is 82.4 cm³/mol. The lowest BCUT2D eigenvalue weighted by Gasteiger charge is -2.09. The molecule has 2 aromatic carbocycles. The van der Waals surface area contributed by atoms with Gasteiger partial charge in [-0.3, -0.25) is 0 Å². The molecule has 0 unspecified atom stereocenters. The monoisotopic (exact) mass is 266 g/mol. The molecule has 0 fully saturated rings. The Hall–Kier alpha value is -2.33. The number of anilines is 1. The average molecular weight is 266 g/mol. The zero-order valence-corrected chi connectivity index (χ0v) is 11.3. The third-order valence-corrected chi connectivity index (χ3v) is 3.44. The van der Waals surface area contributed by atoms with E-state index in [1.54, 1.807) is 0 Å². The Balaban J connectivity index is 2.12. The Morgan fingerprint density at radius 2 is 1.80 bits per heavy atom. The van der Waals surface area contributed by atoms with E-state index >= 15 is 0 Å². The van der Waals surface area contributed by atoms with Crippen LogP contribution in [0.2, 0.25) is 0 Å². The number of rotatable bonds is 4. The summed E-state index contributed by atoms with van der Waals surface area (Å²) in [7, 11) is 0. The fourth-order valence-electron chi connectivity index (χ4n) is 2.48. The van der Waals surface area contributed by atoms with E-state index in [9.17, 15) is 0 Å². The summed E-state index contributed by atoms with van der Waals surface area (Å²) in [5.74, 6) is 0.990. The van der Waals surface area contributed by atoms with Crippen molar-refractivity contribution in [2.75, 3.05) is 12.3 Å². The second kappa shape index (κ2) is 5.35. The van der Waals surface area contributed by atoms with Crippen molar-refractivity contribution in [2.24, 2.45) is 5.73 Å². The van der Waals surface area contributed by atoms with Gasteiger partial charge in [0.05, 0.1) is 11.2 Å². The van der Waals surface area contributed by atoms with Gasteiger partial charge in [-0.1, -0.05) is 36.4 Å². The molecule has 1 aromatic heterocycles. The number of nitrogens with zero attached hydrogens (tertiary/aromatic N) is 2. The van der Waals surface area contributed by atoms with Crippen molar-refractivity contribution in [2.45, 2.75) is 13.0 Å². The van der Waals surface area contributed by atoms with Crippen LogP contribution in [0.15, 0.2) is 48.5 Å². The van der Waals surface area contributed by atoms with Gasteiger partial charge >= 0.3 is 0 Å². The van der Waals surface area contributed by atoms with E-state index in [1.165, 1.54) is 5.56 Å². The van der Waals surface area contributed by atoms with E-state index < -0.39 is 0 Å². The van der Waals surface area contributed by atoms with E-state index in [1.807, 2.05) is 30.3 Å². The highest BCUT2D eigenvalue weighted by Crippen LogP contribution is 2.23. The molecule has 0 aliphatic carbocycles. The van der Waals surface area contributed by atoms with Gasteiger partial charge in [-0.2, -0.15) is 0 Å². The summed E-state index contributed by atoms with van der Waals surface area (Å²) in [6, 6.07) is 16.3. The molecule has 0 aliphatic rings. The zero-order chi connectivity index (χ0) is 13.9. The Morgan fingerprint density at radius 1 is 1.00 bits per heavy atom. The summed E-state index contributed by atoms with van der Waals surface area (Å²) in [4.78, 5) is 4.66. The molecule has 3 rings (SSSR count). The third-order valence-electron chi connectivity index (χ3n) is 3.44. The van der Waals surface area contributed by atoms with Crippen LogP contribution >= 0.6 is 0 Å². The molecule has 3 aromatic rings. The number of imidazole rings is 1. The second-order valence-electron chi connectivity index (χ2n) is 4.85. The van der Waals surface area contributed by atoms with Crippen LogP contribution < -0.4 is 11.5 Å². The number of nitrogen functional groups attached to an aromatic ring is 1. The minimum atomic E-state index is 0.581. The first-order chi connectivity index (χ1) is 9.79. The second-order valence-corrected chi connectivity index (χ2v) is 4.85. The fourth-order valence-corrected chi connectivity index (χ4v) is 2.48. The Morgan fingerprint density at radius 3 is 2.55 bits per heavy atom. The molecule has 0 radical (unpaired) electrons. The Labute approximate surface area is 118 Å². The minimum Gasteiger partial charge on any atom is -0.397 e. The van der Waals surface area contributed by atoms with Gasteiger partial charge in [0.2, 0.25) is 0 Å². The van der Waals surface area contributed by atoms with Crippen molar-refractivity contribution >= 4 is 16.7 Å². The maximum absolute atomic E-state index is 6.02. The van der Waals surface area contributed by atoms with Crippen molar-refractivity contribution in [3.8, 4) is 0 Å². The summed E-state index contributed by atoms with van der Waals surface area (Å²) >= 11 is 0. The molecule has 0 amide bonds. The number of hydrogen-bond donors (Lipinski definition) is 2. The van der Waals surface area contributed by atoms with Crippen LogP contribution in [0.3, 0.4) is 0 Å². The average Bonchev–Trinajstić information content (AvgIpc) is 2.81. The van der Waals surface area contributed by atoms with Crippen LogP contribution in [-0.4, -0.2) is 16.1 Å². The van der Waals surface area contributed by atoms with Gasteiger partial charge in [0.1, 0.15) is 11.3 Å². The summed E-state index contributed by atoms with van der Waals surface area (Å²) in [6.07, 6.45) is 0.751. The quantitative estimate of drug-likeness (QED) is 0.711. The van der Waals surface area contributed by atoms with Gasteiger partial charge in [0, 0.05) is 13.0 Å². The summed E-state index contributed by atoms with van der Waals surface area (Å²) in [5.41, 5.74) is 15.6. The Kier molecular flexibility index (Phi) is 3.39. The first-order valence-electron chi connectivity index (χ1n) is 6.77. The highest BCUT2D eigenvalue weighted by molar-refractivity contribution is 5.87.